The molecule has 142 valence electrons. The minimum atomic E-state index is -0.274. The molecule has 1 atom stereocenters. The number of benzene rings is 2. The molecule has 0 radical (unpaired) electrons. The molecule has 28 heavy (non-hydrogen) atoms. The Morgan fingerprint density at radius 2 is 1.79 bits per heavy atom. The molecule has 0 N–H and O–H groups in total. The largest absolute Gasteiger partial charge is 0.342 e. The molecular weight excluding hydrogens is 353 g/mol. The Kier molecular flexibility index (Phi) is 5.42. The molecule has 5 heteroatoms. The number of hydrogen-bond donors (Lipinski definition) is 0. The molecule has 1 aliphatic rings. The first kappa shape index (κ1) is 18.3. The summed E-state index contributed by atoms with van der Waals surface area (Å²) in [7, 11) is 0. The van der Waals surface area contributed by atoms with E-state index in [1.165, 1.54) is 12.1 Å². The van der Waals surface area contributed by atoms with Crippen molar-refractivity contribution in [1.29, 1.82) is 0 Å². The highest BCUT2D eigenvalue weighted by Gasteiger charge is 2.27. The highest BCUT2D eigenvalue weighted by molar-refractivity contribution is 5.79. The lowest BCUT2D eigenvalue weighted by Gasteiger charge is -2.33. The average Bonchev–Trinajstić information content (AvgIpc) is 2.75. The van der Waals surface area contributed by atoms with Gasteiger partial charge in [0.25, 0.3) is 0 Å². The van der Waals surface area contributed by atoms with Crippen molar-refractivity contribution in [2.75, 3.05) is 13.1 Å². The first-order chi connectivity index (χ1) is 13.7. The molecule has 1 fully saturated rings. The van der Waals surface area contributed by atoms with E-state index in [0.717, 1.165) is 41.9 Å². The summed E-state index contributed by atoms with van der Waals surface area (Å²) < 4.78 is 13.3. The molecule has 3 aromatic rings. The van der Waals surface area contributed by atoms with Crippen molar-refractivity contribution in [3.05, 3.63) is 84.1 Å². The van der Waals surface area contributed by atoms with Crippen LogP contribution >= 0.6 is 0 Å². The molecule has 1 aromatic heterocycles. The third-order valence-corrected chi connectivity index (χ3v) is 5.20. The number of amides is 1. The lowest BCUT2D eigenvalue weighted by Crippen LogP contribution is -2.40. The Balaban J connectivity index is 1.54. The molecule has 1 saturated heterocycles. The predicted octanol–water partition coefficient (Wildman–Crippen LogP) is 4.23. The van der Waals surface area contributed by atoms with Crippen molar-refractivity contribution in [3.8, 4) is 11.3 Å². The number of nitrogens with zero attached hydrogens (tertiary/aromatic N) is 3. The molecule has 0 unspecified atom stereocenters. The van der Waals surface area contributed by atoms with Gasteiger partial charge in [-0.2, -0.15) is 0 Å². The highest BCUT2D eigenvalue weighted by Crippen LogP contribution is 2.32. The molecule has 0 spiro atoms. The van der Waals surface area contributed by atoms with Crippen LogP contribution in [-0.2, 0) is 11.2 Å². The number of carbonyl (C=O) groups excluding carboxylic acids is 1. The zero-order valence-electron chi connectivity index (χ0n) is 15.6. The minimum absolute atomic E-state index is 0.127. The van der Waals surface area contributed by atoms with Crippen LogP contribution in [0.4, 0.5) is 4.39 Å². The fraction of sp³-hybridized carbons (Fsp3) is 0.261. The normalized spacial score (nSPS) is 16.8. The zero-order chi connectivity index (χ0) is 19.3. The van der Waals surface area contributed by atoms with Crippen molar-refractivity contribution in [1.82, 2.24) is 14.9 Å². The van der Waals surface area contributed by atoms with Crippen LogP contribution in [-0.4, -0.2) is 33.9 Å². The van der Waals surface area contributed by atoms with E-state index in [-0.39, 0.29) is 17.6 Å². The summed E-state index contributed by atoms with van der Waals surface area (Å²) in [5.74, 6) is -0.00473. The van der Waals surface area contributed by atoms with E-state index in [0.29, 0.717) is 13.0 Å². The summed E-state index contributed by atoms with van der Waals surface area (Å²) in [6, 6.07) is 16.1. The first-order valence-corrected chi connectivity index (χ1v) is 9.59. The Morgan fingerprint density at radius 3 is 2.57 bits per heavy atom. The van der Waals surface area contributed by atoms with Crippen molar-refractivity contribution in [2.45, 2.75) is 25.2 Å². The second-order valence-corrected chi connectivity index (χ2v) is 7.14. The molecule has 1 amide bonds. The maximum Gasteiger partial charge on any atom is 0.227 e. The maximum atomic E-state index is 13.3. The summed E-state index contributed by atoms with van der Waals surface area (Å²) in [5.41, 5.74) is 3.52. The van der Waals surface area contributed by atoms with Crippen LogP contribution in [0.3, 0.4) is 0 Å². The van der Waals surface area contributed by atoms with Gasteiger partial charge in [0.1, 0.15) is 5.82 Å². The summed E-state index contributed by atoms with van der Waals surface area (Å²) in [4.78, 5) is 23.8. The van der Waals surface area contributed by atoms with E-state index < -0.39 is 0 Å². The molecule has 2 heterocycles. The predicted molar refractivity (Wildman–Crippen MR) is 106 cm³/mol. The van der Waals surface area contributed by atoms with Crippen LogP contribution in [0.25, 0.3) is 11.3 Å². The molecule has 0 bridgehead atoms. The van der Waals surface area contributed by atoms with E-state index in [4.69, 9.17) is 0 Å². The molecular formula is C23H22FN3O. The average molecular weight is 375 g/mol. The van der Waals surface area contributed by atoms with Gasteiger partial charge in [0.15, 0.2) is 0 Å². The van der Waals surface area contributed by atoms with Gasteiger partial charge in [-0.3, -0.25) is 14.8 Å². The monoisotopic (exact) mass is 375 g/mol. The van der Waals surface area contributed by atoms with Gasteiger partial charge in [-0.15, -0.1) is 0 Å². The molecule has 4 rings (SSSR count). The smallest absolute Gasteiger partial charge is 0.227 e. The summed E-state index contributed by atoms with van der Waals surface area (Å²) in [6.45, 7) is 1.41. The van der Waals surface area contributed by atoms with Crippen LogP contribution in [0.1, 0.15) is 30.0 Å². The quantitative estimate of drug-likeness (QED) is 0.685. The third kappa shape index (κ3) is 4.09. The molecule has 2 aromatic carbocycles. The number of rotatable bonds is 4. The molecule has 4 nitrogen and oxygen atoms in total. The lowest BCUT2D eigenvalue weighted by molar-refractivity contribution is -0.131. The second-order valence-electron chi connectivity index (χ2n) is 7.14. The number of hydrogen-bond acceptors (Lipinski definition) is 3. The number of carbonyl (C=O) groups is 1. The van der Waals surface area contributed by atoms with Gasteiger partial charge in [0.05, 0.1) is 17.8 Å². The van der Waals surface area contributed by atoms with Crippen molar-refractivity contribution < 1.29 is 9.18 Å². The van der Waals surface area contributed by atoms with Crippen LogP contribution in [0.5, 0.6) is 0 Å². The molecule has 1 aliphatic heterocycles. The van der Waals surface area contributed by atoms with Gasteiger partial charge >= 0.3 is 0 Å². The zero-order valence-corrected chi connectivity index (χ0v) is 15.6. The van der Waals surface area contributed by atoms with Crippen LogP contribution in [0.2, 0.25) is 0 Å². The standard InChI is InChI=1S/C23H22FN3O/c24-20-10-8-18(9-11-20)22-23(26-13-12-25-22)19-7-4-14-27(16-19)21(28)15-17-5-2-1-3-6-17/h1-3,5-6,8-13,19H,4,7,14-16H2/t19-/m1/s1. The first-order valence-electron chi connectivity index (χ1n) is 9.59. The summed E-state index contributed by atoms with van der Waals surface area (Å²) in [5, 5.41) is 0. The molecule has 0 aliphatic carbocycles. The van der Waals surface area contributed by atoms with Crippen LogP contribution in [0.15, 0.2) is 67.0 Å². The van der Waals surface area contributed by atoms with Gasteiger partial charge in [-0.05, 0) is 42.7 Å². The van der Waals surface area contributed by atoms with Crippen LogP contribution < -0.4 is 0 Å². The van der Waals surface area contributed by atoms with Gasteiger partial charge < -0.3 is 4.90 Å². The fourth-order valence-corrected chi connectivity index (χ4v) is 3.79. The maximum absolute atomic E-state index is 13.3. The Labute approximate surface area is 164 Å². The van der Waals surface area contributed by atoms with E-state index in [1.807, 2.05) is 35.2 Å². The number of aromatic nitrogens is 2. The lowest BCUT2D eigenvalue weighted by atomic mass is 9.91. The second kappa shape index (κ2) is 8.30. The van der Waals surface area contributed by atoms with Crippen LogP contribution in [0, 0.1) is 5.82 Å². The van der Waals surface area contributed by atoms with Gasteiger partial charge in [0.2, 0.25) is 5.91 Å². The fourth-order valence-electron chi connectivity index (χ4n) is 3.79. The topological polar surface area (TPSA) is 46.1 Å². The number of piperidine rings is 1. The van der Waals surface area contributed by atoms with Gasteiger partial charge in [-0.1, -0.05) is 30.3 Å². The Hall–Kier alpha value is -3.08. The third-order valence-electron chi connectivity index (χ3n) is 5.20. The number of halogens is 1. The van der Waals surface area contributed by atoms with Crippen molar-refractivity contribution >= 4 is 5.91 Å². The van der Waals surface area contributed by atoms with E-state index in [9.17, 15) is 9.18 Å². The van der Waals surface area contributed by atoms with Gasteiger partial charge in [0, 0.05) is 37.0 Å². The summed E-state index contributed by atoms with van der Waals surface area (Å²) >= 11 is 0. The SMILES string of the molecule is O=C(Cc1ccccc1)N1CCC[C@@H](c2nccnc2-c2ccc(F)cc2)C1. The van der Waals surface area contributed by atoms with E-state index in [2.05, 4.69) is 9.97 Å². The number of likely N-dealkylation sites (tertiary alicyclic amines) is 1. The molecule has 0 saturated carbocycles. The van der Waals surface area contributed by atoms with Crippen molar-refractivity contribution in [3.63, 3.8) is 0 Å². The summed E-state index contributed by atoms with van der Waals surface area (Å²) in [6.07, 6.45) is 5.65. The highest BCUT2D eigenvalue weighted by atomic mass is 19.1. The van der Waals surface area contributed by atoms with Crippen molar-refractivity contribution in [2.24, 2.45) is 0 Å². The Morgan fingerprint density at radius 1 is 1.04 bits per heavy atom. The van der Waals surface area contributed by atoms with E-state index in [1.54, 1.807) is 24.5 Å². The van der Waals surface area contributed by atoms with E-state index >= 15 is 0 Å². The Bertz CT molecular complexity index is 944. The van der Waals surface area contributed by atoms with Gasteiger partial charge in [-0.25, -0.2) is 4.39 Å². The minimum Gasteiger partial charge on any atom is -0.342 e.